The average molecular weight is 589 g/mol. The fourth-order valence-corrected chi connectivity index (χ4v) is 7.70. The fraction of sp³-hybridized carbons (Fsp3) is 0.516. The summed E-state index contributed by atoms with van der Waals surface area (Å²) in [5.74, 6) is 3.25. The fourth-order valence-electron chi connectivity index (χ4n) is 7.70. The van der Waals surface area contributed by atoms with Crippen LogP contribution in [0.5, 0.6) is 28.7 Å². The van der Waals surface area contributed by atoms with Crippen LogP contribution in [-0.2, 0) is 17.6 Å². The Hall–Kier alpha value is -4.14. The van der Waals surface area contributed by atoms with Crippen LogP contribution in [0.1, 0.15) is 45.5 Å². The van der Waals surface area contributed by atoms with E-state index in [0.29, 0.717) is 48.2 Å². The number of fused-ring (bicyclic) bond motifs is 9. The van der Waals surface area contributed by atoms with Gasteiger partial charge in [0, 0.05) is 58.9 Å². The van der Waals surface area contributed by atoms with E-state index in [1.807, 2.05) is 13.8 Å². The predicted octanol–water partition coefficient (Wildman–Crippen LogP) is 4.67. The van der Waals surface area contributed by atoms with Gasteiger partial charge >= 0.3 is 0 Å². The number of hydrogen-bond acceptors (Lipinski definition) is 10. The van der Waals surface area contributed by atoms with Crippen molar-refractivity contribution in [1.29, 1.82) is 5.26 Å². The van der Waals surface area contributed by atoms with Crippen molar-refractivity contribution < 1.29 is 28.4 Å². The molecule has 0 aromatic heterocycles. The van der Waals surface area contributed by atoms with Gasteiger partial charge in [-0.3, -0.25) is 9.80 Å². The van der Waals surface area contributed by atoms with Crippen molar-refractivity contribution in [3.63, 3.8) is 0 Å². The number of piperazine rings is 1. The Bertz CT molecular complexity index is 1550. The maximum Gasteiger partial charge on any atom is 0.231 e. The summed E-state index contributed by atoms with van der Waals surface area (Å²) < 4.78 is 35.7. The topological polar surface area (TPSA) is 134 Å². The maximum absolute atomic E-state index is 10.7. The van der Waals surface area contributed by atoms with Crippen molar-refractivity contribution in [2.75, 3.05) is 48.0 Å². The van der Waals surface area contributed by atoms with E-state index in [2.05, 4.69) is 45.6 Å². The van der Waals surface area contributed by atoms with E-state index in [1.54, 1.807) is 20.3 Å². The Morgan fingerprint density at radius 2 is 1.93 bits per heavy atom. The van der Waals surface area contributed by atoms with Gasteiger partial charge in [0.1, 0.15) is 18.4 Å². The third-order valence-electron chi connectivity index (χ3n) is 9.23. The van der Waals surface area contributed by atoms with Crippen molar-refractivity contribution in [3.8, 4) is 34.8 Å². The van der Waals surface area contributed by atoms with E-state index < -0.39 is 12.1 Å². The Morgan fingerprint density at radius 1 is 1.14 bits per heavy atom. The lowest BCUT2D eigenvalue weighted by atomic mass is 9.71. The van der Waals surface area contributed by atoms with E-state index >= 15 is 0 Å². The van der Waals surface area contributed by atoms with Crippen LogP contribution in [0.3, 0.4) is 0 Å². The molecule has 0 radical (unpaired) electrons. The molecule has 4 heterocycles. The molecule has 2 aromatic carbocycles. The van der Waals surface area contributed by atoms with Crippen LogP contribution in [0.15, 0.2) is 23.8 Å². The number of aryl methyl sites for hydroxylation is 1. The van der Waals surface area contributed by atoms with Gasteiger partial charge in [-0.05, 0) is 50.4 Å². The highest BCUT2D eigenvalue weighted by Gasteiger charge is 2.56. The van der Waals surface area contributed by atoms with Crippen LogP contribution in [0.2, 0.25) is 0 Å². The molecule has 4 aliphatic rings. The molecule has 0 amide bonds. The first-order chi connectivity index (χ1) is 20.9. The molecule has 1 fully saturated rings. The number of hydrogen-bond donors (Lipinski definition) is 0. The van der Waals surface area contributed by atoms with E-state index in [-0.39, 0.29) is 38.3 Å². The van der Waals surface area contributed by atoms with E-state index in [0.717, 1.165) is 33.4 Å². The largest absolute Gasteiger partial charge is 0.493 e. The molecule has 0 aliphatic carbocycles. The van der Waals surface area contributed by atoms with Crippen molar-refractivity contribution >= 4 is 0 Å². The lowest BCUT2D eigenvalue weighted by Crippen LogP contribution is -2.68. The molecule has 2 aromatic rings. The second-order valence-electron chi connectivity index (χ2n) is 11.3. The second kappa shape index (κ2) is 11.5. The maximum atomic E-state index is 10.7. The van der Waals surface area contributed by atoms with Gasteiger partial charge in [0.15, 0.2) is 29.8 Å². The highest BCUT2D eigenvalue weighted by atomic mass is 16.7. The van der Waals surface area contributed by atoms with Gasteiger partial charge in [-0.2, -0.15) is 5.26 Å². The summed E-state index contributed by atoms with van der Waals surface area (Å²) in [6.45, 7) is 8.36. The smallest absolute Gasteiger partial charge is 0.231 e. The quantitative estimate of drug-likeness (QED) is 0.135. The molecule has 226 valence electrons. The Kier molecular flexibility index (Phi) is 7.75. The van der Waals surface area contributed by atoms with Gasteiger partial charge in [-0.15, -0.1) is 0 Å². The molecule has 0 N–H and O–H groups in total. The molecule has 43 heavy (non-hydrogen) atoms. The lowest BCUT2D eigenvalue weighted by molar-refractivity contribution is -0.0719. The average Bonchev–Trinajstić information content (AvgIpc) is 3.49. The number of azide groups is 1. The molecule has 6 rings (SSSR count). The number of likely N-dealkylation sites (N-methyl/N-ethyl adjacent to an activating group) is 1. The zero-order chi connectivity index (χ0) is 30.4. The van der Waals surface area contributed by atoms with Gasteiger partial charge in [0.25, 0.3) is 0 Å². The Labute approximate surface area is 250 Å². The molecule has 0 spiro atoms. The molecular weight excluding hydrogens is 552 g/mol. The second-order valence-corrected chi connectivity index (χ2v) is 11.3. The summed E-state index contributed by atoms with van der Waals surface area (Å²) in [6.07, 6.45) is 2.89. The molecule has 1 saturated heterocycles. The molecule has 0 saturated carbocycles. The SMILES string of the molecule is C=CCOc1c(C)c2c(c3c1C[C@H]1[C@H]4c5c(cc(C)c(OC)c5OCOC)C[C@@H]([C@H](C#N)N1[C@H]3CN=[N+]=[N-])N4C)OCO2. The van der Waals surface area contributed by atoms with Gasteiger partial charge in [-0.1, -0.05) is 23.8 Å². The van der Waals surface area contributed by atoms with Crippen LogP contribution >= 0.6 is 0 Å². The van der Waals surface area contributed by atoms with Crippen LogP contribution < -0.4 is 23.7 Å². The number of benzene rings is 2. The first-order valence-corrected chi connectivity index (χ1v) is 14.3. The number of nitrogens with zero attached hydrogens (tertiary/aromatic N) is 6. The lowest BCUT2D eigenvalue weighted by Gasteiger charge is -2.60. The minimum Gasteiger partial charge on any atom is -0.493 e. The predicted molar refractivity (Wildman–Crippen MR) is 157 cm³/mol. The third-order valence-corrected chi connectivity index (χ3v) is 9.23. The number of ether oxygens (including phenoxy) is 6. The normalized spacial score (nSPS) is 25.0. The summed E-state index contributed by atoms with van der Waals surface area (Å²) in [6, 6.07) is 3.33. The van der Waals surface area contributed by atoms with Gasteiger partial charge < -0.3 is 28.4 Å². The summed E-state index contributed by atoms with van der Waals surface area (Å²) in [7, 11) is 5.31. The monoisotopic (exact) mass is 588 g/mol. The van der Waals surface area contributed by atoms with E-state index in [9.17, 15) is 10.8 Å². The highest BCUT2D eigenvalue weighted by Crippen LogP contribution is 2.58. The van der Waals surface area contributed by atoms with Crippen molar-refractivity contribution in [2.45, 2.75) is 56.9 Å². The first kappa shape index (κ1) is 29.0. The molecule has 4 aliphatic heterocycles. The molecule has 2 bridgehead atoms. The molecule has 0 unspecified atom stereocenters. The van der Waals surface area contributed by atoms with Gasteiger partial charge in [0.2, 0.25) is 6.79 Å². The third kappa shape index (κ3) is 4.34. The van der Waals surface area contributed by atoms with E-state index in [4.69, 9.17) is 28.4 Å². The summed E-state index contributed by atoms with van der Waals surface area (Å²) in [5.41, 5.74) is 15.2. The minimum absolute atomic E-state index is 0.0614. The Morgan fingerprint density at radius 3 is 2.63 bits per heavy atom. The first-order valence-electron chi connectivity index (χ1n) is 14.3. The number of rotatable bonds is 9. The number of methoxy groups -OCH3 is 2. The summed E-state index contributed by atoms with van der Waals surface area (Å²) in [4.78, 5) is 7.65. The molecule has 12 nitrogen and oxygen atoms in total. The number of nitriles is 1. The zero-order valence-electron chi connectivity index (χ0n) is 25.1. The molecule has 12 heteroatoms. The van der Waals surface area contributed by atoms with Gasteiger partial charge in [-0.25, -0.2) is 0 Å². The van der Waals surface area contributed by atoms with Crippen LogP contribution in [0.25, 0.3) is 10.4 Å². The summed E-state index contributed by atoms with van der Waals surface area (Å²) >= 11 is 0. The highest BCUT2D eigenvalue weighted by molar-refractivity contribution is 5.66. The van der Waals surface area contributed by atoms with Crippen molar-refractivity contribution in [1.82, 2.24) is 9.80 Å². The zero-order valence-corrected chi connectivity index (χ0v) is 25.1. The van der Waals surface area contributed by atoms with Crippen molar-refractivity contribution in [2.24, 2.45) is 5.11 Å². The minimum atomic E-state index is -0.492. The standard InChI is InChI=1S/C31H36N6O6/c1-7-8-40-28-17(3)29-31(43-15-42-29)25-19(28)11-21-26-24-18(9-16(2)27(39-6)30(24)41-14-38-5)10-20(36(26)4)22(12-32)37(21)23(25)13-34-35-33/h7,9,20-23,26H,1,8,10-11,13-15H2,2-6H3/t20-,21-,22-,23-,26-/m0/s1. The Balaban J connectivity index is 1.62. The summed E-state index contributed by atoms with van der Waals surface area (Å²) in [5, 5.41) is 14.8. The van der Waals surface area contributed by atoms with Crippen LogP contribution in [0.4, 0.5) is 0 Å². The van der Waals surface area contributed by atoms with Crippen LogP contribution in [0, 0.1) is 25.2 Å². The van der Waals surface area contributed by atoms with Crippen molar-refractivity contribution in [3.05, 3.63) is 62.5 Å². The van der Waals surface area contributed by atoms with E-state index in [1.165, 1.54) is 0 Å². The van der Waals surface area contributed by atoms with Gasteiger partial charge in [0.05, 0.1) is 19.2 Å². The van der Waals surface area contributed by atoms with Crippen LogP contribution in [-0.4, -0.2) is 75.9 Å². The molecule has 5 atom stereocenters. The molecular formula is C31H36N6O6.